The van der Waals surface area contributed by atoms with Crippen molar-refractivity contribution in [2.24, 2.45) is 10.8 Å². The van der Waals surface area contributed by atoms with Crippen LogP contribution >= 0.6 is 0 Å². The molecular formula is C76H93BN2. The maximum atomic E-state index is 5.16. The second-order valence-electron chi connectivity index (χ2n) is 31.2. The summed E-state index contributed by atoms with van der Waals surface area (Å²) in [5.74, 6) is 0. The monoisotopic (exact) mass is 1040 g/mol. The van der Waals surface area contributed by atoms with Gasteiger partial charge < -0.3 is 9.80 Å². The van der Waals surface area contributed by atoms with Gasteiger partial charge in [0.2, 0.25) is 6.71 Å². The van der Waals surface area contributed by atoms with Crippen molar-refractivity contribution in [3.63, 3.8) is 0 Å². The Morgan fingerprint density at radius 1 is 0.494 bits per heavy atom. The summed E-state index contributed by atoms with van der Waals surface area (Å²) in [6.07, 6.45) is 5.14. The van der Waals surface area contributed by atoms with Crippen LogP contribution in [0.4, 0.5) is 34.1 Å². The van der Waals surface area contributed by atoms with Crippen LogP contribution in [0.2, 0.25) is 0 Å². The Balaban J connectivity index is 1.33. The van der Waals surface area contributed by atoms with Gasteiger partial charge in [-0.2, -0.15) is 0 Å². The molecule has 0 unspecified atom stereocenters. The SMILES string of the molecule is C=C(Cc1cccc2c1CC(C)(C)C2)c1cc(C(C)(C)C)ccc1B1c2cc(N(c3ccc(C(C)(C)C)cc3)c3ccc(C(C)(C)C)cc3)c(C(C)(C)C)cc2N(c2cccc3c2CC(C)(C)C3)c2cc(C(C)(C)C)cc(C)c21. The van der Waals surface area contributed by atoms with Gasteiger partial charge in [0.05, 0.1) is 0 Å². The van der Waals surface area contributed by atoms with E-state index in [-0.39, 0.29) is 44.6 Å². The van der Waals surface area contributed by atoms with E-state index in [0.29, 0.717) is 0 Å². The molecule has 0 amide bonds. The van der Waals surface area contributed by atoms with Crippen LogP contribution in [0.1, 0.15) is 198 Å². The Kier molecular flexibility index (Phi) is 13.7. The fraction of sp³-hybridized carbons (Fsp3) is 0.421. The molecule has 2 nitrogen and oxygen atoms in total. The average molecular weight is 1050 g/mol. The Morgan fingerprint density at radius 3 is 1.53 bits per heavy atom. The second kappa shape index (κ2) is 19.3. The predicted octanol–water partition coefficient (Wildman–Crippen LogP) is 18.8. The summed E-state index contributed by atoms with van der Waals surface area (Å²) in [6, 6.07) is 51.0. The molecule has 0 radical (unpaired) electrons. The maximum Gasteiger partial charge on any atom is 0.247 e. The van der Waals surface area contributed by atoms with Crippen molar-refractivity contribution in [1.29, 1.82) is 0 Å². The molecule has 10 rings (SSSR count). The zero-order valence-electron chi connectivity index (χ0n) is 52.3. The van der Waals surface area contributed by atoms with E-state index in [2.05, 4.69) is 276 Å². The summed E-state index contributed by atoms with van der Waals surface area (Å²) in [5.41, 5.74) is 29.3. The number of rotatable bonds is 8. The minimum Gasteiger partial charge on any atom is -0.311 e. The van der Waals surface area contributed by atoms with Crippen molar-refractivity contribution < 1.29 is 0 Å². The van der Waals surface area contributed by atoms with Crippen LogP contribution in [0.5, 0.6) is 0 Å². The molecule has 3 heteroatoms. The fourth-order valence-electron chi connectivity index (χ4n) is 13.6. The second-order valence-corrected chi connectivity index (χ2v) is 31.2. The Morgan fingerprint density at radius 2 is 1.00 bits per heavy atom. The molecule has 0 bridgehead atoms. The van der Waals surface area contributed by atoms with Crippen molar-refractivity contribution in [2.75, 3.05) is 9.80 Å². The number of anilines is 6. The number of allylic oxidation sites excluding steroid dienone is 1. The van der Waals surface area contributed by atoms with Gasteiger partial charge in [0.1, 0.15) is 0 Å². The third-order valence-corrected chi connectivity index (χ3v) is 18.0. The average Bonchev–Trinajstić information content (AvgIpc) is 3.88. The number of hydrogen-bond donors (Lipinski definition) is 0. The first-order valence-corrected chi connectivity index (χ1v) is 29.8. The number of benzene rings is 7. The van der Waals surface area contributed by atoms with Crippen LogP contribution in [0.3, 0.4) is 0 Å². The molecule has 0 N–H and O–H groups in total. The van der Waals surface area contributed by atoms with E-state index in [1.54, 1.807) is 0 Å². The lowest BCUT2D eigenvalue weighted by atomic mass is 9.33. The zero-order chi connectivity index (χ0) is 57.3. The first kappa shape index (κ1) is 56.2. The van der Waals surface area contributed by atoms with Gasteiger partial charge in [-0.3, -0.25) is 0 Å². The van der Waals surface area contributed by atoms with Crippen molar-refractivity contribution in [3.05, 3.63) is 201 Å². The molecule has 0 saturated carbocycles. The van der Waals surface area contributed by atoms with Crippen LogP contribution in [0.25, 0.3) is 5.57 Å². The summed E-state index contributed by atoms with van der Waals surface area (Å²) in [6.45, 7) is 52.6. The lowest BCUT2D eigenvalue weighted by Crippen LogP contribution is -2.59. The van der Waals surface area contributed by atoms with Crippen LogP contribution in [-0.4, -0.2) is 6.71 Å². The lowest BCUT2D eigenvalue weighted by Gasteiger charge is -2.42. The van der Waals surface area contributed by atoms with Gasteiger partial charge in [-0.25, -0.2) is 0 Å². The third-order valence-electron chi connectivity index (χ3n) is 18.0. The topological polar surface area (TPSA) is 6.48 Å². The van der Waals surface area contributed by atoms with Crippen molar-refractivity contribution in [1.82, 2.24) is 0 Å². The van der Waals surface area contributed by atoms with Crippen molar-refractivity contribution in [2.45, 2.75) is 198 Å². The molecule has 0 atom stereocenters. The van der Waals surface area contributed by atoms with E-state index in [0.717, 1.165) is 43.5 Å². The van der Waals surface area contributed by atoms with Gasteiger partial charge in [-0.1, -0.05) is 228 Å². The smallest absolute Gasteiger partial charge is 0.247 e. The van der Waals surface area contributed by atoms with Gasteiger partial charge in [-0.05, 0) is 203 Å². The van der Waals surface area contributed by atoms with E-state index in [9.17, 15) is 0 Å². The maximum absolute atomic E-state index is 5.16. The molecule has 3 aliphatic rings. The third kappa shape index (κ3) is 10.8. The quantitative estimate of drug-likeness (QED) is 0.140. The first-order valence-electron chi connectivity index (χ1n) is 29.8. The highest BCUT2D eigenvalue weighted by Crippen LogP contribution is 2.50. The summed E-state index contributed by atoms with van der Waals surface area (Å²) in [4.78, 5) is 5.31. The predicted molar refractivity (Wildman–Crippen MR) is 347 cm³/mol. The normalized spacial score (nSPS) is 15.9. The van der Waals surface area contributed by atoms with Crippen molar-refractivity contribution in [3.8, 4) is 0 Å². The van der Waals surface area contributed by atoms with Gasteiger partial charge >= 0.3 is 0 Å². The lowest BCUT2D eigenvalue weighted by molar-refractivity contribution is 0.392. The highest BCUT2D eigenvalue weighted by atomic mass is 15.2. The fourth-order valence-corrected chi connectivity index (χ4v) is 13.6. The summed E-state index contributed by atoms with van der Waals surface area (Å²) < 4.78 is 0. The number of nitrogens with zero attached hydrogens (tertiary/aromatic N) is 2. The molecule has 2 aliphatic carbocycles. The van der Waals surface area contributed by atoms with Crippen molar-refractivity contribution >= 4 is 62.8 Å². The van der Waals surface area contributed by atoms with Crippen LogP contribution < -0.4 is 26.2 Å². The minimum absolute atomic E-state index is 0.0170. The minimum atomic E-state index is -0.247. The van der Waals surface area contributed by atoms with Gasteiger partial charge in [0.15, 0.2) is 0 Å². The van der Waals surface area contributed by atoms with Gasteiger partial charge in [-0.15, -0.1) is 0 Å². The first-order chi connectivity index (χ1) is 36.6. The molecule has 1 heterocycles. The summed E-state index contributed by atoms with van der Waals surface area (Å²) in [7, 11) is 0. The number of hydrogen-bond acceptors (Lipinski definition) is 2. The largest absolute Gasteiger partial charge is 0.311 e. The molecule has 0 aromatic heterocycles. The molecule has 7 aromatic carbocycles. The molecule has 1 aliphatic heterocycles. The van der Waals surface area contributed by atoms with Gasteiger partial charge in [0, 0.05) is 34.1 Å². The molecule has 0 saturated heterocycles. The number of fused-ring (bicyclic) bond motifs is 4. The molecule has 410 valence electrons. The molecule has 7 aromatic rings. The standard InChI is InChI=1S/C76H93BN2/c1-48(38-50-24-22-25-51-44-75(18,19)46-60(50)51)59-40-55(72(9,10)11)32-37-63(59)77-64-43-66(78(57-33-28-53(29-34-57)70(3,4)5)58-35-30-54(31-36-58)71(6,7)8)62(74(15,16)17)42-67(64)79(65-27-23-26-52-45-76(20,21)47-61(52)65)68-41-56(73(12,13)14)39-49(2)69(68)77/h22-37,39-43H,1,38,44-47H2,2-21H3. The zero-order valence-corrected chi connectivity index (χ0v) is 52.3. The summed E-state index contributed by atoms with van der Waals surface area (Å²) >= 11 is 0. The summed E-state index contributed by atoms with van der Waals surface area (Å²) in [5, 5.41) is 0. The number of aryl methyl sites for hydroxylation is 1. The van der Waals surface area contributed by atoms with Crippen LogP contribution in [-0.2, 0) is 59.2 Å². The van der Waals surface area contributed by atoms with E-state index in [4.69, 9.17) is 6.58 Å². The molecule has 79 heavy (non-hydrogen) atoms. The van der Waals surface area contributed by atoms with Crippen LogP contribution in [0.15, 0.2) is 134 Å². The van der Waals surface area contributed by atoms with E-state index < -0.39 is 0 Å². The Hall–Kier alpha value is -6.06. The van der Waals surface area contributed by atoms with Crippen LogP contribution in [0, 0.1) is 17.8 Å². The van der Waals surface area contributed by atoms with Gasteiger partial charge in [0.25, 0.3) is 0 Å². The molecule has 0 spiro atoms. The Labute approximate surface area is 479 Å². The van der Waals surface area contributed by atoms with E-state index in [1.165, 1.54) is 111 Å². The molecule has 0 fully saturated rings. The highest BCUT2D eigenvalue weighted by molar-refractivity contribution is 6.98. The Bertz CT molecular complexity index is 3450. The van der Waals surface area contributed by atoms with E-state index in [1.807, 2.05) is 0 Å². The highest BCUT2D eigenvalue weighted by Gasteiger charge is 2.43. The molecular weight excluding hydrogens is 952 g/mol. The van der Waals surface area contributed by atoms with E-state index >= 15 is 0 Å².